The molecule has 7 rings (SSSR count). The van der Waals surface area contributed by atoms with Crippen LogP contribution in [0.25, 0.3) is 39.6 Å². The molecule has 3 aliphatic rings. The molecule has 2 aromatic heterocycles. The summed E-state index contributed by atoms with van der Waals surface area (Å²) in [4.78, 5) is 14.8. The quantitative estimate of drug-likeness (QED) is 0.273. The van der Waals surface area contributed by atoms with E-state index in [0.717, 1.165) is 65.2 Å². The van der Waals surface area contributed by atoms with Crippen LogP contribution in [0.2, 0.25) is 0 Å². The summed E-state index contributed by atoms with van der Waals surface area (Å²) in [5.74, 6) is 3.31. The van der Waals surface area contributed by atoms with Crippen molar-refractivity contribution in [1.82, 2.24) is 15.0 Å². The van der Waals surface area contributed by atoms with Gasteiger partial charge >= 0.3 is 0 Å². The zero-order valence-electron chi connectivity index (χ0n) is 20.9. The Bertz CT molecular complexity index is 1700. The maximum absolute atomic E-state index is 6.29. The molecule has 0 radical (unpaired) electrons. The van der Waals surface area contributed by atoms with E-state index in [-0.39, 0.29) is 5.92 Å². The van der Waals surface area contributed by atoms with Gasteiger partial charge in [0.2, 0.25) is 0 Å². The van der Waals surface area contributed by atoms with Crippen molar-refractivity contribution in [3.05, 3.63) is 119 Å². The molecule has 0 bridgehead atoms. The maximum atomic E-state index is 6.29. The molecule has 38 heavy (non-hydrogen) atoms. The topological polar surface area (TPSA) is 51.8 Å². The summed E-state index contributed by atoms with van der Waals surface area (Å²) < 4.78 is 6.19. The number of rotatable bonds is 4. The molecule has 2 aromatic carbocycles. The molecular weight excluding hydrogens is 490 g/mol. The van der Waals surface area contributed by atoms with E-state index in [1.165, 1.54) is 16.5 Å². The second kappa shape index (κ2) is 9.70. The minimum absolute atomic E-state index is 0.286. The van der Waals surface area contributed by atoms with E-state index in [4.69, 9.17) is 31.0 Å². The smallest absolute Gasteiger partial charge is 0.164 e. The van der Waals surface area contributed by atoms with Crippen LogP contribution in [0.1, 0.15) is 60.1 Å². The average Bonchev–Trinajstić information content (AvgIpc) is 3.35. The summed E-state index contributed by atoms with van der Waals surface area (Å²) in [6, 6.07) is 16.8. The van der Waals surface area contributed by atoms with Gasteiger partial charge in [0.05, 0.1) is 0 Å². The third-order valence-corrected chi connectivity index (χ3v) is 7.77. The normalized spacial score (nSPS) is 18.7. The first-order valence-electron chi connectivity index (χ1n) is 13.2. The Kier molecular flexibility index (Phi) is 5.90. The van der Waals surface area contributed by atoms with Crippen LogP contribution in [0.15, 0.2) is 94.4 Å². The third-order valence-electron chi connectivity index (χ3n) is 7.49. The van der Waals surface area contributed by atoms with Crippen LogP contribution in [0.4, 0.5) is 0 Å². The lowest BCUT2D eigenvalue weighted by Gasteiger charge is -2.17. The molecule has 4 aromatic rings. The highest BCUT2D eigenvalue weighted by molar-refractivity contribution is 6.29. The van der Waals surface area contributed by atoms with Crippen LogP contribution in [-0.4, -0.2) is 15.0 Å². The van der Waals surface area contributed by atoms with E-state index in [1.54, 1.807) is 0 Å². The van der Waals surface area contributed by atoms with Gasteiger partial charge in [0.15, 0.2) is 17.5 Å². The maximum Gasteiger partial charge on any atom is 0.164 e. The third kappa shape index (κ3) is 4.35. The van der Waals surface area contributed by atoms with E-state index >= 15 is 0 Å². The van der Waals surface area contributed by atoms with E-state index < -0.39 is 0 Å². The van der Waals surface area contributed by atoms with Gasteiger partial charge in [0.25, 0.3) is 0 Å². The van der Waals surface area contributed by atoms with Gasteiger partial charge in [-0.15, -0.1) is 0 Å². The van der Waals surface area contributed by atoms with Crippen LogP contribution in [0.3, 0.4) is 0 Å². The lowest BCUT2D eigenvalue weighted by Crippen LogP contribution is -2.07. The molecule has 0 spiro atoms. The van der Waals surface area contributed by atoms with Gasteiger partial charge < -0.3 is 4.42 Å². The molecule has 0 fully saturated rings. The van der Waals surface area contributed by atoms with Gasteiger partial charge in [-0.3, -0.25) is 0 Å². The van der Waals surface area contributed by atoms with Crippen LogP contribution in [0.5, 0.6) is 0 Å². The van der Waals surface area contributed by atoms with Crippen LogP contribution in [0, 0.1) is 0 Å². The molecule has 2 heterocycles. The molecule has 3 aliphatic carbocycles. The number of allylic oxidation sites excluding steroid dienone is 9. The Morgan fingerprint density at radius 2 is 1.71 bits per heavy atom. The molecule has 0 saturated carbocycles. The largest absolute Gasteiger partial charge is 0.456 e. The lowest BCUT2D eigenvalue weighted by molar-refractivity contribution is 0.596. The van der Waals surface area contributed by atoms with Gasteiger partial charge in [-0.2, -0.15) is 0 Å². The summed E-state index contributed by atoms with van der Waals surface area (Å²) in [5, 5.41) is 2.08. The summed E-state index contributed by atoms with van der Waals surface area (Å²) in [6.45, 7) is 0. The van der Waals surface area contributed by atoms with E-state index in [0.29, 0.717) is 17.5 Å². The molecule has 4 nitrogen and oxygen atoms in total. The van der Waals surface area contributed by atoms with Crippen molar-refractivity contribution in [1.29, 1.82) is 0 Å². The Hall–Kier alpha value is -4.02. The average molecular weight is 516 g/mol. The molecule has 1 unspecified atom stereocenters. The standard InChI is InChI=1S/C33H26ClN3O/c34-26-10-6-9-24(19-26)21-13-15-23(16-14-21)32-35-31(22-7-2-1-3-8-22)36-33(37-32)25-17-18-28-27-11-4-5-12-29(27)38-30(28)20-25/h2,4-16,20,24H,1,3,17-19H2. The summed E-state index contributed by atoms with van der Waals surface area (Å²) in [6.07, 6.45) is 19.5. The van der Waals surface area contributed by atoms with Gasteiger partial charge in [0, 0.05) is 38.6 Å². The fourth-order valence-corrected chi connectivity index (χ4v) is 5.70. The summed E-state index contributed by atoms with van der Waals surface area (Å²) in [7, 11) is 0. The Labute approximate surface area is 226 Å². The monoisotopic (exact) mass is 515 g/mol. The van der Waals surface area contributed by atoms with Crippen molar-refractivity contribution < 1.29 is 4.42 Å². The van der Waals surface area contributed by atoms with Crippen molar-refractivity contribution in [2.75, 3.05) is 0 Å². The van der Waals surface area contributed by atoms with Crippen molar-refractivity contribution in [2.24, 2.45) is 0 Å². The number of halogens is 1. The van der Waals surface area contributed by atoms with Crippen LogP contribution in [-0.2, 0) is 6.42 Å². The number of fused-ring (bicyclic) bond motifs is 3. The molecule has 0 amide bonds. The van der Waals surface area contributed by atoms with Gasteiger partial charge in [-0.1, -0.05) is 84.4 Å². The van der Waals surface area contributed by atoms with Crippen molar-refractivity contribution >= 4 is 39.8 Å². The Balaban J connectivity index is 1.29. The van der Waals surface area contributed by atoms with Gasteiger partial charge in [-0.25, -0.2) is 15.0 Å². The highest BCUT2D eigenvalue weighted by Gasteiger charge is 2.22. The number of aromatic nitrogens is 3. The number of furan rings is 1. The summed E-state index contributed by atoms with van der Waals surface area (Å²) >= 11 is 6.29. The van der Waals surface area contributed by atoms with E-state index in [9.17, 15) is 0 Å². The zero-order valence-corrected chi connectivity index (χ0v) is 21.7. The first-order valence-corrected chi connectivity index (χ1v) is 13.6. The molecule has 186 valence electrons. The predicted octanol–water partition coefficient (Wildman–Crippen LogP) is 8.67. The first kappa shape index (κ1) is 23.1. The zero-order chi connectivity index (χ0) is 25.5. The number of hydrogen-bond acceptors (Lipinski definition) is 4. The Morgan fingerprint density at radius 1 is 0.868 bits per heavy atom. The minimum atomic E-state index is 0.286. The Morgan fingerprint density at radius 3 is 2.55 bits per heavy atom. The van der Waals surface area contributed by atoms with Crippen LogP contribution < -0.4 is 0 Å². The number of para-hydroxylation sites is 1. The first-order chi connectivity index (χ1) is 18.7. The van der Waals surface area contributed by atoms with E-state index in [1.807, 2.05) is 24.3 Å². The fourth-order valence-electron chi connectivity index (χ4n) is 5.46. The fraction of sp³-hybridized carbons (Fsp3) is 0.182. The number of nitrogens with zero attached hydrogens (tertiary/aromatic N) is 3. The van der Waals surface area contributed by atoms with E-state index in [2.05, 4.69) is 66.8 Å². The molecule has 1 atom stereocenters. The van der Waals surface area contributed by atoms with Crippen molar-refractivity contribution in [2.45, 2.75) is 38.0 Å². The summed E-state index contributed by atoms with van der Waals surface area (Å²) in [5.41, 5.74) is 6.52. The van der Waals surface area contributed by atoms with Crippen molar-refractivity contribution in [3.63, 3.8) is 0 Å². The van der Waals surface area contributed by atoms with Crippen LogP contribution >= 0.6 is 11.6 Å². The molecule has 0 aliphatic heterocycles. The minimum Gasteiger partial charge on any atom is -0.456 e. The molecular formula is C33H26ClN3O. The molecule has 0 saturated heterocycles. The number of hydrogen-bond donors (Lipinski definition) is 0. The lowest BCUT2D eigenvalue weighted by atomic mass is 9.92. The van der Waals surface area contributed by atoms with Gasteiger partial charge in [-0.05, 0) is 55.9 Å². The van der Waals surface area contributed by atoms with Gasteiger partial charge in [0.1, 0.15) is 11.3 Å². The highest BCUT2D eigenvalue weighted by Crippen LogP contribution is 2.37. The highest BCUT2D eigenvalue weighted by atomic mass is 35.5. The second-order valence-corrected chi connectivity index (χ2v) is 10.5. The predicted molar refractivity (Wildman–Crippen MR) is 154 cm³/mol. The van der Waals surface area contributed by atoms with Crippen molar-refractivity contribution in [3.8, 4) is 11.4 Å². The molecule has 0 N–H and O–H groups in total. The number of aryl methyl sites for hydroxylation is 1. The SMILES string of the molecule is ClC1=CC=CC(c2ccc(-c3nc(C4=CCCC=C4)nc(C4=Cc5oc6ccccc6c5CC4)n3)cc2)C1. The second-order valence-electron chi connectivity index (χ2n) is 9.99. The molecule has 5 heteroatoms. The number of benzene rings is 2.